The normalized spacial score (nSPS) is 24.9. The monoisotopic (exact) mass is 530 g/mol. The second-order valence-corrected chi connectivity index (χ2v) is 12.4. The molecule has 0 heterocycles. The average molecular weight is 531 g/mol. The molecule has 0 radical (unpaired) electrons. The SMILES string of the molecule is CCCC1CCC(CC(c2ccc(C#N)c(F)c2)C(Cc2ccc(C#N)c(F)c2)C2CCC(CC)CC2)CC1. The second-order valence-electron chi connectivity index (χ2n) is 12.4. The number of hydrogen-bond donors (Lipinski definition) is 0. The molecule has 0 saturated heterocycles. The van der Waals surface area contributed by atoms with Gasteiger partial charge in [-0.1, -0.05) is 83.8 Å². The molecule has 0 spiro atoms. The van der Waals surface area contributed by atoms with Crippen molar-refractivity contribution in [2.75, 3.05) is 0 Å². The van der Waals surface area contributed by atoms with Gasteiger partial charge in [0.2, 0.25) is 0 Å². The molecule has 2 aromatic carbocycles. The van der Waals surface area contributed by atoms with E-state index in [1.807, 2.05) is 24.3 Å². The van der Waals surface area contributed by atoms with E-state index in [2.05, 4.69) is 13.8 Å². The van der Waals surface area contributed by atoms with Crippen LogP contribution in [0, 0.1) is 63.9 Å². The molecule has 2 aromatic rings. The number of rotatable bonds is 10. The second kappa shape index (κ2) is 14.1. The van der Waals surface area contributed by atoms with Gasteiger partial charge in [-0.2, -0.15) is 10.5 Å². The lowest BCUT2D eigenvalue weighted by Gasteiger charge is -2.40. The summed E-state index contributed by atoms with van der Waals surface area (Å²) in [6.45, 7) is 4.55. The van der Waals surface area contributed by atoms with E-state index in [1.54, 1.807) is 18.2 Å². The Morgan fingerprint density at radius 2 is 1.36 bits per heavy atom. The van der Waals surface area contributed by atoms with E-state index in [-0.39, 0.29) is 23.0 Å². The fourth-order valence-electron chi connectivity index (χ4n) is 7.64. The highest BCUT2D eigenvalue weighted by atomic mass is 19.1. The Morgan fingerprint density at radius 1 is 0.769 bits per heavy atom. The summed E-state index contributed by atoms with van der Waals surface area (Å²) in [7, 11) is 0. The minimum atomic E-state index is -0.460. The van der Waals surface area contributed by atoms with Gasteiger partial charge >= 0.3 is 0 Å². The molecule has 0 aliphatic heterocycles. The number of hydrogen-bond acceptors (Lipinski definition) is 2. The van der Waals surface area contributed by atoms with Gasteiger partial charge in [0.1, 0.15) is 23.8 Å². The fourth-order valence-corrected chi connectivity index (χ4v) is 7.64. The first-order valence-corrected chi connectivity index (χ1v) is 15.3. The van der Waals surface area contributed by atoms with Crippen molar-refractivity contribution in [3.8, 4) is 12.1 Å². The van der Waals surface area contributed by atoms with Gasteiger partial charge in [-0.3, -0.25) is 0 Å². The van der Waals surface area contributed by atoms with E-state index in [1.165, 1.54) is 63.9 Å². The van der Waals surface area contributed by atoms with Crippen molar-refractivity contribution in [2.24, 2.45) is 29.6 Å². The minimum absolute atomic E-state index is 0.0771. The van der Waals surface area contributed by atoms with Crippen LogP contribution < -0.4 is 0 Å². The Bertz CT molecular complexity index is 1160. The topological polar surface area (TPSA) is 47.6 Å². The van der Waals surface area contributed by atoms with E-state index < -0.39 is 11.6 Å². The Hall–Kier alpha value is -2.72. The van der Waals surface area contributed by atoms with Crippen LogP contribution in [0.25, 0.3) is 0 Å². The molecule has 2 fully saturated rings. The molecule has 2 atom stereocenters. The molecule has 2 aliphatic rings. The summed E-state index contributed by atoms with van der Waals surface area (Å²) < 4.78 is 29.7. The third-order valence-corrected chi connectivity index (χ3v) is 10.0. The quantitative estimate of drug-likeness (QED) is 0.307. The van der Waals surface area contributed by atoms with Crippen molar-refractivity contribution in [1.82, 2.24) is 0 Å². The molecule has 0 aromatic heterocycles. The van der Waals surface area contributed by atoms with Crippen molar-refractivity contribution in [2.45, 2.75) is 103 Å². The minimum Gasteiger partial charge on any atom is -0.206 e. The lowest BCUT2D eigenvalue weighted by atomic mass is 9.64. The number of nitrogens with zero attached hydrogens (tertiary/aromatic N) is 2. The molecule has 0 bridgehead atoms. The Labute approximate surface area is 234 Å². The Balaban J connectivity index is 1.67. The standard InChI is InChI=1S/C35H44F2N2/c1-3-5-25-6-8-26(9-7-25)18-33(29-16-17-31(23-39)35(37)21-29)32(28-13-10-24(4-2)11-14-28)19-27-12-15-30(22-38)34(36)20-27/h12,15-17,20-21,24-26,28,32-33H,3-11,13-14,18-19H2,1-2H3. The summed E-state index contributed by atoms with van der Waals surface area (Å²) in [6.07, 6.45) is 15.2. The van der Waals surface area contributed by atoms with Crippen LogP contribution in [0.3, 0.4) is 0 Å². The van der Waals surface area contributed by atoms with E-state index in [0.717, 1.165) is 48.6 Å². The zero-order chi connectivity index (χ0) is 27.8. The molecule has 2 unspecified atom stereocenters. The molecule has 4 heteroatoms. The van der Waals surface area contributed by atoms with Gasteiger partial charge in [-0.25, -0.2) is 8.78 Å². The average Bonchev–Trinajstić information content (AvgIpc) is 2.96. The maximum atomic E-state index is 15.0. The highest BCUT2D eigenvalue weighted by Crippen LogP contribution is 2.47. The highest BCUT2D eigenvalue weighted by Gasteiger charge is 2.36. The summed E-state index contributed by atoms with van der Waals surface area (Å²) in [5, 5.41) is 18.6. The molecule has 0 amide bonds. The Kier molecular flexibility index (Phi) is 10.6. The molecule has 2 saturated carbocycles. The maximum absolute atomic E-state index is 15.0. The van der Waals surface area contributed by atoms with E-state index in [0.29, 0.717) is 11.8 Å². The van der Waals surface area contributed by atoms with Crippen molar-refractivity contribution >= 4 is 0 Å². The first-order valence-electron chi connectivity index (χ1n) is 15.3. The number of nitriles is 2. The van der Waals surface area contributed by atoms with Gasteiger partial charge in [0, 0.05) is 0 Å². The Morgan fingerprint density at radius 3 is 1.92 bits per heavy atom. The van der Waals surface area contributed by atoms with Crippen molar-refractivity contribution in [1.29, 1.82) is 10.5 Å². The predicted molar refractivity (Wildman–Crippen MR) is 153 cm³/mol. The van der Waals surface area contributed by atoms with Crippen LogP contribution >= 0.6 is 0 Å². The predicted octanol–water partition coefficient (Wildman–Crippen LogP) is 9.86. The van der Waals surface area contributed by atoms with Crippen molar-refractivity contribution in [3.05, 3.63) is 70.3 Å². The zero-order valence-corrected chi connectivity index (χ0v) is 23.8. The molecule has 0 N–H and O–H groups in total. The highest BCUT2D eigenvalue weighted by molar-refractivity contribution is 5.36. The van der Waals surface area contributed by atoms with Gasteiger partial charge in [-0.15, -0.1) is 0 Å². The third kappa shape index (κ3) is 7.48. The largest absolute Gasteiger partial charge is 0.206 e. The summed E-state index contributed by atoms with van der Waals surface area (Å²) >= 11 is 0. The first-order chi connectivity index (χ1) is 18.9. The van der Waals surface area contributed by atoms with Crippen molar-refractivity contribution in [3.63, 3.8) is 0 Å². The van der Waals surface area contributed by atoms with Crippen LogP contribution in [-0.4, -0.2) is 0 Å². The van der Waals surface area contributed by atoms with E-state index >= 15 is 0 Å². The molecule has 208 valence electrons. The molecule has 39 heavy (non-hydrogen) atoms. The lowest BCUT2D eigenvalue weighted by Crippen LogP contribution is -2.30. The number of benzene rings is 2. The van der Waals surface area contributed by atoms with Gasteiger partial charge < -0.3 is 0 Å². The van der Waals surface area contributed by atoms with E-state index in [9.17, 15) is 19.3 Å². The zero-order valence-electron chi connectivity index (χ0n) is 23.8. The fraction of sp³-hybridized carbons (Fsp3) is 0.600. The molecule has 4 rings (SSSR count). The smallest absolute Gasteiger partial charge is 0.141 e. The summed E-state index contributed by atoms with van der Waals surface area (Å²) in [5.41, 5.74) is 2.07. The van der Waals surface area contributed by atoms with Crippen LogP contribution in [0.2, 0.25) is 0 Å². The van der Waals surface area contributed by atoms with Gasteiger partial charge in [0.15, 0.2) is 0 Å². The van der Waals surface area contributed by atoms with Crippen LogP contribution in [0.5, 0.6) is 0 Å². The summed E-state index contributed by atoms with van der Waals surface area (Å²) in [5.74, 6) is 2.22. The molecular formula is C35H44F2N2. The van der Waals surface area contributed by atoms with Gasteiger partial charge in [0.25, 0.3) is 0 Å². The summed E-state index contributed by atoms with van der Waals surface area (Å²) in [4.78, 5) is 0. The van der Waals surface area contributed by atoms with Gasteiger partial charge in [0.05, 0.1) is 11.1 Å². The van der Waals surface area contributed by atoms with Gasteiger partial charge in [-0.05, 0) is 96.6 Å². The third-order valence-electron chi connectivity index (χ3n) is 10.0. The molecule has 2 aliphatic carbocycles. The lowest BCUT2D eigenvalue weighted by molar-refractivity contribution is 0.152. The van der Waals surface area contributed by atoms with Crippen LogP contribution in [0.4, 0.5) is 8.78 Å². The maximum Gasteiger partial charge on any atom is 0.141 e. The summed E-state index contributed by atoms with van der Waals surface area (Å²) in [6, 6.07) is 14.2. The molecular weight excluding hydrogens is 486 g/mol. The van der Waals surface area contributed by atoms with Crippen LogP contribution in [0.15, 0.2) is 36.4 Å². The van der Waals surface area contributed by atoms with Crippen LogP contribution in [0.1, 0.15) is 119 Å². The van der Waals surface area contributed by atoms with E-state index in [4.69, 9.17) is 0 Å². The first kappa shape index (κ1) is 29.3. The van der Waals surface area contributed by atoms with Crippen LogP contribution in [-0.2, 0) is 6.42 Å². The number of halogens is 2. The molecule has 2 nitrogen and oxygen atoms in total. The van der Waals surface area contributed by atoms with Crippen molar-refractivity contribution < 1.29 is 8.78 Å².